The van der Waals surface area contributed by atoms with Crippen LogP contribution in [0.25, 0.3) is 0 Å². The number of imide groups is 1. The first-order valence-electron chi connectivity index (χ1n) is 9.12. The third-order valence-electron chi connectivity index (χ3n) is 4.88. The molecule has 3 rings (SSSR count). The summed E-state index contributed by atoms with van der Waals surface area (Å²) in [5.41, 5.74) is 0.288. The van der Waals surface area contributed by atoms with Gasteiger partial charge in [0.25, 0.3) is 11.8 Å². The zero-order valence-corrected chi connectivity index (χ0v) is 15.8. The van der Waals surface area contributed by atoms with Crippen LogP contribution in [0, 0.1) is 5.92 Å². The lowest BCUT2D eigenvalue weighted by Crippen LogP contribution is -2.53. The Morgan fingerprint density at radius 3 is 2.27 bits per heavy atom. The topological polar surface area (TPSA) is 66.9 Å². The molecular weight excluding hydrogens is 332 g/mol. The number of ether oxygens (including phenoxy) is 1. The molecule has 0 aliphatic carbocycles. The van der Waals surface area contributed by atoms with Crippen LogP contribution in [0.3, 0.4) is 0 Å². The minimum atomic E-state index is -0.583. The van der Waals surface area contributed by atoms with E-state index in [4.69, 9.17) is 4.74 Å². The van der Waals surface area contributed by atoms with Gasteiger partial charge in [0.05, 0.1) is 17.2 Å². The third kappa shape index (κ3) is 3.59. The van der Waals surface area contributed by atoms with Crippen molar-refractivity contribution in [2.75, 3.05) is 13.1 Å². The van der Waals surface area contributed by atoms with E-state index < -0.39 is 5.60 Å². The van der Waals surface area contributed by atoms with Crippen LogP contribution < -0.4 is 0 Å². The van der Waals surface area contributed by atoms with Crippen LogP contribution in [-0.4, -0.2) is 52.4 Å². The lowest BCUT2D eigenvalue weighted by atomic mass is 9.92. The van der Waals surface area contributed by atoms with Crippen LogP contribution in [0.1, 0.15) is 61.3 Å². The number of piperidine rings is 1. The van der Waals surface area contributed by atoms with Gasteiger partial charge in [0.1, 0.15) is 5.60 Å². The largest absolute Gasteiger partial charge is 0.444 e. The van der Waals surface area contributed by atoms with Crippen molar-refractivity contribution in [3.05, 3.63) is 35.4 Å². The van der Waals surface area contributed by atoms with Gasteiger partial charge >= 0.3 is 6.09 Å². The second-order valence-corrected chi connectivity index (χ2v) is 8.22. The molecule has 2 aliphatic rings. The summed E-state index contributed by atoms with van der Waals surface area (Å²) in [6, 6.07) is 6.62. The fourth-order valence-electron chi connectivity index (χ4n) is 3.60. The predicted octanol–water partition coefficient (Wildman–Crippen LogP) is 3.32. The molecule has 2 heterocycles. The van der Waals surface area contributed by atoms with Crippen molar-refractivity contribution in [1.29, 1.82) is 0 Å². The average molecular weight is 358 g/mol. The number of hydrogen-bond acceptors (Lipinski definition) is 4. The monoisotopic (exact) mass is 358 g/mol. The van der Waals surface area contributed by atoms with Crippen LogP contribution in [0.2, 0.25) is 0 Å². The predicted molar refractivity (Wildman–Crippen MR) is 96.9 cm³/mol. The van der Waals surface area contributed by atoms with E-state index in [1.165, 1.54) is 4.90 Å². The molecule has 2 atom stereocenters. The Bertz CT molecular complexity index is 703. The Hall–Kier alpha value is -2.37. The zero-order chi connectivity index (χ0) is 19.1. The number of likely N-dealkylation sites (tertiary alicyclic amines) is 1. The highest BCUT2D eigenvalue weighted by atomic mass is 16.6. The maximum atomic E-state index is 12.6. The Kier molecular flexibility index (Phi) is 4.78. The summed E-state index contributed by atoms with van der Waals surface area (Å²) in [5, 5.41) is 0. The van der Waals surface area contributed by atoms with Crippen molar-refractivity contribution in [1.82, 2.24) is 9.80 Å². The molecule has 3 amide bonds. The van der Waals surface area contributed by atoms with E-state index in [1.54, 1.807) is 29.2 Å². The molecule has 1 saturated heterocycles. The lowest BCUT2D eigenvalue weighted by Gasteiger charge is -2.40. The van der Waals surface area contributed by atoms with E-state index in [2.05, 4.69) is 6.92 Å². The summed E-state index contributed by atoms with van der Waals surface area (Å²) in [6.45, 7) is 8.39. The highest BCUT2D eigenvalue weighted by Gasteiger charge is 2.40. The van der Waals surface area contributed by atoms with Crippen molar-refractivity contribution >= 4 is 17.9 Å². The van der Waals surface area contributed by atoms with Crippen LogP contribution in [0.4, 0.5) is 4.79 Å². The molecule has 2 aliphatic heterocycles. The smallest absolute Gasteiger partial charge is 0.410 e. The second-order valence-electron chi connectivity index (χ2n) is 8.22. The number of rotatable bonds is 2. The summed E-state index contributed by atoms with van der Waals surface area (Å²) >= 11 is 0. The molecule has 0 saturated carbocycles. The van der Waals surface area contributed by atoms with Crippen LogP contribution >= 0.6 is 0 Å². The first kappa shape index (κ1) is 18.4. The van der Waals surface area contributed by atoms with Gasteiger partial charge in [-0.1, -0.05) is 19.1 Å². The third-order valence-corrected chi connectivity index (χ3v) is 4.88. The fraction of sp³-hybridized carbons (Fsp3) is 0.550. The molecule has 26 heavy (non-hydrogen) atoms. The van der Waals surface area contributed by atoms with Gasteiger partial charge in [-0.2, -0.15) is 0 Å². The van der Waals surface area contributed by atoms with E-state index in [0.717, 1.165) is 12.8 Å². The van der Waals surface area contributed by atoms with Crippen molar-refractivity contribution < 1.29 is 19.1 Å². The molecule has 6 nitrogen and oxygen atoms in total. The van der Waals surface area contributed by atoms with Crippen LogP contribution in [0.15, 0.2) is 24.3 Å². The molecule has 0 aromatic heterocycles. The van der Waals surface area contributed by atoms with Crippen LogP contribution in [-0.2, 0) is 4.74 Å². The van der Waals surface area contributed by atoms with E-state index in [0.29, 0.717) is 23.6 Å². The maximum absolute atomic E-state index is 12.6. The second kappa shape index (κ2) is 6.74. The van der Waals surface area contributed by atoms with Gasteiger partial charge in [-0.3, -0.25) is 14.5 Å². The zero-order valence-electron chi connectivity index (χ0n) is 15.8. The summed E-state index contributed by atoms with van der Waals surface area (Å²) in [7, 11) is 0. The van der Waals surface area contributed by atoms with E-state index in [-0.39, 0.29) is 30.5 Å². The Balaban J connectivity index is 1.79. The molecule has 0 N–H and O–H groups in total. The summed E-state index contributed by atoms with van der Waals surface area (Å²) < 4.78 is 5.52. The molecule has 1 aromatic rings. The van der Waals surface area contributed by atoms with Crippen molar-refractivity contribution in [2.45, 2.75) is 52.2 Å². The van der Waals surface area contributed by atoms with Crippen molar-refractivity contribution in [3.8, 4) is 0 Å². The summed E-state index contributed by atoms with van der Waals surface area (Å²) in [6.07, 6.45) is 1.25. The van der Waals surface area contributed by atoms with Crippen LogP contribution in [0.5, 0.6) is 0 Å². The number of hydrogen-bond donors (Lipinski definition) is 0. The van der Waals surface area contributed by atoms with E-state index in [1.807, 2.05) is 20.8 Å². The molecule has 0 radical (unpaired) electrons. The molecule has 0 unspecified atom stereocenters. The number of carbonyl (C=O) groups excluding carboxylic acids is 3. The standard InChI is InChI=1S/C20H26N2O4/c1-13-9-10-21(19(25)26-20(2,3)4)14(11-13)12-22-17(23)15-7-5-6-8-16(15)18(22)24/h5-8,13-14H,9-12H2,1-4H3/t13-,14-/m0/s1. The number of carbonyl (C=O) groups is 3. The van der Waals surface area contributed by atoms with E-state index in [9.17, 15) is 14.4 Å². The Morgan fingerprint density at radius 1 is 1.15 bits per heavy atom. The van der Waals surface area contributed by atoms with Gasteiger partial charge in [-0.05, 0) is 51.7 Å². The average Bonchev–Trinajstić information content (AvgIpc) is 2.79. The summed E-state index contributed by atoms with van der Waals surface area (Å²) in [4.78, 5) is 40.8. The molecular formula is C20H26N2O4. The molecule has 6 heteroatoms. The highest BCUT2D eigenvalue weighted by Crippen LogP contribution is 2.28. The fourth-order valence-corrected chi connectivity index (χ4v) is 3.60. The number of benzene rings is 1. The van der Waals surface area contributed by atoms with E-state index >= 15 is 0 Å². The minimum Gasteiger partial charge on any atom is -0.444 e. The van der Waals surface area contributed by atoms with Crippen molar-refractivity contribution in [2.24, 2.45) is 5.92 Å². The minimum absolute atomic E-state index is 0.204. The molecule has 1 aromatic carbocycles. The first-order valence-corrected chi connectivity index (χ1v) is 9.12. The molecule has 1 fully saturated rings. The molecule has 140 valence electrons. The SMILES string of the molecule is C[C@H]1CCN(C(=O)OC(C)(C)C)[C@H](CN2C(=O)c3ccccc3C2=O)C1. The quantitative estimate of drug-likeness (QED) is 0.761. The van der Waals surface area contributed by atoms with Crippen molar-refractivity contribution in [3.63, 3.8) is 0 Å². The van der Waals surface area contributed by atoms with Gasteiger partial charge in [-0.15, -0.1) is 0 Å². The number of fused-ring (bicyclic) bond motifs is 1. The van der Waals surface area contributed by atoms with Gasteiger partial charge in [-0.25, -0.2) is 4.79 Å². The van der Waals surface area contributed by atoms with Gasteiger partial charge in [0.2, 0.25) is 0 Å². The lowest BCUT2D eigenvalue weighted by molar-refractivity contribution is 0.000827. The van der Waals surface area contributed by atoms with Gasteiger partial charge in [0.15, 0.2) is 0 Å². The molecule has 0 spiro atoms. The maximum Gasteiger partial charge on any atom is 0.410 e. The Labute approximate surface area is 154 Å². The summed E-state index contributed by atoms with van der Waals surface area (Å²) in [5.74, 6) is -0.144. The number of amides is 3. The molecule has 0 bridgehead atoms. The highest BCUT2D eigenvalue weighted by molar-refractivity contribution is 6.21. The first-order chi connectivity index (χ1) is 12.2. The van der Waals surface area contributed by atoms with Gasteiger partial charge in [0, 0.05) is 13.1 Å². The number of nitrogens with zero attached hydrogens (tertiary/aromatic N) is 2. The normalized spacial score (nSPS) is 23.2. The Morgan fingerprint density at radius 2 is 1.73 bits per heavy atom. The van der Waals surface area contributed by atoms with Gasteiger partial charge < -0.3 is 9.64 Å².